The second-order valence-electron chi connectivity index (χ2n) is 1.49. The Labute approximate surface area is 61.4 Å². The lowest BCUT2D eigenvalue weighted by atomic mass is 10.4. The van der Waals surface area contributed by atoms with Crippen LogP contribution in [0.4, 0.5) is 0 Å². The van der Waals surface area contributed by atoms with Gasteiger partial charge in [0.15, 0.2) is 0 Å². The summed E-state index contributed by atoms with van der Waals surface area (Å²) in [6.07, 6.45) is 0.542. The third-order valence-electron chi connectivity index (χ3n) is 0.788. The van der Waals surface area contributed by atoms with Crippen molar-refractivity contribution < 1.29 is 4.79 Å². The van der Waals surface area contributed by atoms with Crippen molar-refractivity contribution in [1.29, 1.82) is 0 Å². The minimum absolute atomic E-state index is 0. The van der Waals surface area contributed by atoms with Gasteiger partial charge in [-0.15, -0.1) is 12.4 Å². The minimum Gasteiger partial charge on any atom is -0.355 e. The topological polar surface area (TPSA) is 55.1 Å². The molecule has 56 valence electrons. The first-order valence-corrected chi connectivity index (χ1v) is 2.78. The molecule has 0 saturated carbocycles. The summed E-state index contributed by atoms with van der Waals surface area (Å²) < 4.78 is 0. The highest BCUT2D eigenvalue weighted by atomic mass is 35.5. The number of halogens is 1. The fraction of sp³-hybridized carbons (Fsp3) is 0.800. The van der Waals surface area contributed by atoms with Crippen molar-refractivity contribution in [1.82, 2.24) is 5.32 Å². The quantitative estimate of drug-likeness (QED) is 0.593. The van der Waals surface area contributed by atoms with E-state index in [2.05, 4.69) is 5.32 Å². The second kappa shape index (κ2) is 7.72. The first-order valence-electron chi connectivity index (χ1n) is 2.78. The fourth-order valence-corrected chi connectivity index (χ4v) is 0.337. The molecule has 9 heavy (non-hydrogen) atoms. The highest BCUT2D eigenvalue weighted by Crippen LogP contribution is 1.71. The van der Waals surface area contributed by atoms with E-state index in [-0.39, 0.29) is 18.3 Å². The lowest BCUT2D eigenvalue weighted by Crippen LogP contribution is -2.28. The molecular formula is C5H13ClN2O. The van der Waals surface area contributed by atoms with Crippen LogP contribution in [-0.2, 0) is 4.79 Å². The van der Waals surface area contributed by atoms with Crippen LogP contribution in [-0.4, -0.2) is 19.0 Å². The fourth-order valence-electron chi connectivity index (χ4n) is 0.337. The van der Waals surface area contributed by atoms with Crippen molar-refractivity contribution in [2.45, 2.75) is 13.3 Å². The van der Waals surface area contributed by atoms with Gasteiger partial charge >= 0.3 is 0 Å². The highest BCUT2D eigenvalue weighted by Gasteiger charge is 1.90. The van der Waals surface area contributed by atoms with Crippen LogP contribution in [0.3, 0.4) is 0 Å². The summed E-state index contributed by atoms with van der Waals surface area (Å²) >= 11 is 0. The average Bonchev–Trinajstić information content (AvgIpc) is 1.83. The zero-order valence-electron chi connectivity index (χ0n) is 5.52. The van der Waals surface area contributed by atoms with Crippen molar-refractivity contribution in [2.24, 2.45) is 5.73 Å². The Morgan fingerprint density at radius 3 is 2.56 bits per heavy atom. The summed E-state index contributed by atoms with van der Waals surface area (Å²) in [5, 5.41) is 2.62. The van der Waals surface area contributed by atoms with Crippen molar-refractivity contribution >= 4 is 18.3 Å². The predicted octanol–water partition coefficient (Wildman–Crippen LogP) is -0.107. The van der Waals surface area contributed by atoms with Gasteiger partial charge in [-0.2, -0.15) is 0 Å². The maximum Gasteiger partial charge on any atom is 0.219 e. The van der Waals surface area contributed by atoms with Crippen molar-refractivity contribution in [3.8, 4) is 0 Å². The van der Waals surface area contributed by atoms with Crippen LogP contribution >= 0.6 is 12.4 Å². The van der Waals surface area contributed by atoms with Gasteiger partial charge in [-0.05, 0) is 0 Å². The number of rotatable bonds is 3. The van der Waals surface area contributed by atoms with Gasteiger partial charge in [0.05, 0.1) is 0 Å². The van der Waals surface area contributed by atoms with E-state index >= 15 is 0 Å². The summed E-state index contributed by atoms with van der Waals surface area (Å²) in [5.74, 6) is 0.0652. The molecule has 0 aromatic heterocycles. The molecular weight excluding hydrogens is 140 g/mol. The standard InChI is InChI=1S/C5H12N2O.ClH/c1-2-5(8)7-4-3-6;/h2-4,6H2,1H3,(H,7,8);1H. The number of carbonyl (C=O) groups is 1. The van der Waals surface area contributed by atoms with Gasteiger partial charge < -0.3 is 11.1 Å². The van der Waals surface area contributed by atoms with Crippen LogP contribution in [0.5, 0.6) is 0 Å². The van der Waals surface area contributed by atoms with E-state index < -0.39 is 0 Å². The van der Waals surface area contributed by atoms with E-state index in [0.717, 1.165) is 0 Å². The van der Waals surface area contributed by atoms with Crippen LogP contribution < -0.4 is 11.1 Å². The average molecular weight is 153 g/mol. The molecule has 0 heterocycles. The number of hydrogen-bond acceptors (Lipinski definition) is 2. The van der Waals surface area contributed by atoms with E-state index in [0.29, 0.717) is 19.5 Å². The van der Waals surface area contributed by atoms with E-state index in [1.807, 2.05) is 6.92 Å². The molecule has 0 bridgehead atoms. The number of nitrogens with two attached hydrogens (primary N) is 1. The molecule has 0 saturated heterocycles. The number of hydrogen-bond donors (Lipinski definition) is 2. The van der Waals surface area contributed by atoms with E-state index in [1.165, 1.54) is 0 Å². The number of nitrogens with one attached hydrogen (secondary N) is 1. The molecule has 0 unspecified atom stereocenters. The largest absolute Gasteiger partial charge is 0.355 e. The highest BCUT2D eigenvalue weighted by molar-refractivity contribution is 5.85. The van der Waals surface area contributed by atoms with Crippen LogP contribution in [0.1, 0.15) is 13.3 Å². The molecule has 0 atom stereocenters. The zero-order chi connectivity index (χ0) is 6.41. The van der Waals surface area contributed by atoms with Crippen molar-refractivity contribution in [2.75, 3.05) is 13.1 Å². The summed E-state index contributed by atoms with van der Waals surface area (Å²) in [6.45, 7) is 2.92. The SMILES string of the molecule is CCC(=O)NCCN.Cl. The first kappa shape index (κ1) is 11.5. The first-order chi connectivity index (χ1) is 3.81. The normalized spacial score (nSPS) is 7.78. The molecule has 0 rings (SSSR count). The summed E-state index contributed by atoms with van der Waals surface area (Å²) in [4.78, 5) is 10.4. The van der Waals surface area contributed by atoms with E-state index in [9.17, 15) is 4.79 Å². The van der Waals surface area contributed by atoms with Gasteiger partial charge in [-0.25, -0.2) is 0 Å². The zero-order valence-corrected chi connectivity index (χ0v) is 6.33. The molecule has 0 spiro atoms. The number of carbonyl (C=O) groups excluding carboxylic acids is 1. The molecule has 3 N–H and O–H groups in total. The Hall–Kier alpha value is -0.280. The maximum absolute atomic E-state index is 10.4. The second-order valence-corrected chi connectivity index (χ2v) is 1.49. The molecule has 0 aliphatic rings. The Kier molecular flexibility index (Phi) is 9.87. The van der Waals surface area contributed by atoms with E-state index in [1.54, 1.807) is 0 Å². The van der Waals surface area contributed by atoms with Gasteiger partial charge in [0.2, 0.25) is 5.91 Å². The molecule has 0 fully saturated rings. The number of amides is 1. The van der Waals surface area contributed by atoms with Gasteiger partial charge in [0, 0.05) is 19.5 Å². The molecule has 0 radical (unpaired) electrons. The smallest absolute Gasteiger partial charge is 0.219 e. The van der Waals surface area contributed by atoms with Crippen molar-refractivity contribution in [3.63, 3.8) is 0 Å². The molecule has 3 nitrogen and oxygen atoms in total. The Balaban J connectivity index is 0. The molecule has 0 aromatic carbocycles. The molecule has 1 amide bonds. The van der Waals surface area contributed by atoms with Gasteiger partial charge in [0.1, 0.15) is 0 Å². The van der Waals surface area contributed by atoms with Crippen molar-refractivity contribution in [3.05, 3.63) is 0 Å². The molecule has 4 heteroatoms. The van der Waals surface area contributed by atoms with Crippen LogP contribution in [0.15, 0.2) is 0 Å². The van der Waals surface area contributed by atoms with Crippen LogP contribution in [0, 0.1) is 0 Å². The molecule has 0 aliphatic heterocycles. The third-order valence-corrected chi connectivity index (χ3v) is 0.788. The predicted molar refractivity (Wildman–Crippen MR) is 39.6 cm³/mol. The third kappa shape index (κ3) is 7.72. The summed E-state index contributed by atoms with van der Waals surface area (Å²) in [5.41, 5.74) is 5.12. The lowest BCUT2D eigenvalue weighted by molar-refractivity contribution is -0.120. The summed E-state index contributed by atoms with van der Waals surface area (Å²) in [6, 6.07) is 0. The molecule has 0 aromatic rings. The van der Waals surface area contributed by atoms with Crippen LogP contribution in [0.2, 0.25) is 0 Å². The molecule has 0 aliphatic carbocycles. The van der Waals surface area contributed by atoms with Gasteiger partial charge in [0.25, 0.3) is 0 Å². The Morgan fingerprint density at radius 2 is 2.22 bits per heavy atom. The summed E-state index contributed by atoms with van der Waals surface area (Å²) in [7, 11) is 0. The Bertz CT molecular complexity index is 77.4. The van der Waals surface area contributed by atoms with Gasteiger partial charge in [-0.1, -0.05) is 6.92 Å². The lowest BCUT2D eigenvalue weighted by Gasteiger charge is -1.97. The minimum atomic E-state index is 0. The maximum atomic E-state index is 10.4. The van der Waals surface area contributed by atoms with E-state index in [4.69, 9.17) is 5.73 Å². The monoisotopic (exact) mass is 152 g/mol. The van der Waals surface area contributed by atoms with Crippen LogP contribution in [0.25, 0.3) is 0 Å². The Morgan fingerprint density at radius 1 is 1.67 bits per heavy atom. The van der Waals surface area contributed by atoms with Gasteiger partial charge in [-0.3, -0.25) is 4.79 Å².